The Hall–Kier alpha value is -2.21. The Balaban J connectivity index is 1.30. The highest BCUT2D eigenvalue weighted by molar-refractivity contribution is 5.94. The zero-order valence-corrected chi connectivity index (χ0v) is 15.2. The summed E-state index contributed by atoms with van der Waals surface area (Å²) in [5.74, 6) is 0.568. The van der Waals surface area contributed by atoms with Crippen LogP contribution in [-0.4, -0.2) is 51.2 Å². The average Bonchev–Trinajstić information content (AvgIpc) is 3.39. The van der Waals surface area contributed by atoms with E-state index in [-0.39, 0.29) is 5.91 Å². The summed E-state index contributed by atoms with van der Waals surface area (Å²) in [6, 6.07) is 8.35. The summed E-state index contributed by atoms with van der Waals surface area (Å²) >= 11 is 0. The van der Waals surface area contributed by atoms with Crippen LogP contribution < -0.4 is 5.32 Å². The highest BCUT2D eigenvalue weighted by Gasteiger charge is 2.29. The van der Waals surface area contributed by atoms with Gasteiger partial charge in [-0.3, -0.25) is 9.36 Å². The maximum atomic E-state index is 12.5. The van der Waals surface area contributed by atoms with Crippen molar-refractivity contribution < 1.29 is 4.79 Å². The minimum Gasteiger partial charge on any atom is -0.352 e. The molecule has 2 aromatic rings. The van der Waals surface area contributed by atoms with Gasteiger partial charge in [-0.25, -0.2) is 0 Å². The topological polar surface area (TPSA) is 63.1 Å². The van der Waals surface area contributed by atoms with Crippen LogP contribution in [0.1, 0.15) is 48.9 Å². The van der Waals surface area contributed by atoms with Crippen LogP contribution >= 0.6 is 0 Å². The van der Waals surface area contributed by atoms with Gasteiger partial charge in [-0.15, -0.1) is 10.2 Å². The lowest BCUT2D eigenvalue weighted by molar-refractivity contribution is 0.0946. The van der Waals surface area contributed by atoms with E-state index < -0.39 is 0 Å². The molecule has 6 nitrogen and oxygen atoms in total. The molecule has 2 fully saturated rings. The number of nitrogens with zero attached hydrogens (tertiary/aromatic N) is 4. The van der Waals surface area contributed by atoms with Gasteiger partial charge in [0.1, 0.15) is 12.7 Å². The normalized spacial score (nSPS) is 21.8. The first kappa shape index (κ1) is 17.2. The third-order valence-corrected chi connectivity index (χ3v) is 5.78. The minimum atomic E-state index is -0.00367. The van der Waals surface area contributed by atoms with E-state index in [1.165, 1.54) is 45.1 Å². The van der Waals surface area contributed by atoms with Crippen molar-refractivity contribution in [3.63, 3.8) is 0 Å². The molecule has 1 aromatic heterocycles. The molecule has 138 valence electrons. The quantitative estimate of drug-likeness (QED) is 0.898. The number of benzene rings is 1. The number of likely N-dealkylation sites (tertiary alicyclic amines) is 1. The number of carbonyl (C=O) groups excluding carboxylic acids is 1. The Labute approximate surface area is 154 Å². The van der Waals surface area contributed by atoms with Crippen molar-refractivity contribution in [2.45, 2.75) is 44.6 Å². The van der Waals surface area contributed by atoms with Gasteiger partial charge in [-0.1, -0.05) is 25.3 Å². The fraction of sp³-hybridized carbons (Fsp3) is 0.550. The first-order valence-corrected chi connectivity index (χ1v) is 9.77. The SMILES string of the molecule is O=C(NCC1CCN(C2CCCCC2)C1)c1cccc(-n2cnnc2)c1. The fourth-order valence-electron chi connectivity index (χ4n) is 4.29. The Morgan fingerprint density at radius 1 is 1.12 bits per heavy atom. The summed E-state index contributed by atoms with van der Waals surface area (Å²) in [7, 11) is 0. The predicted octanol–water partition coefficient (Wildman–Crippen LogP) is 2.65. The molecule has 2 aliphatic rings. The lowest BCUT2D eigenvalue weighted by Gasteiger charge is -2.31. The smallest absolute Gasteiger partial charge is 0.251 e. The molecule has 2 heterocycles. The van der Waals surface area contributed by atoms with Crippen LogP contribution in [0.5, 0.6) is 0 Å². The standard InChI is InChI=1S/C20H27N5O/c26-20(17-5-4-8-19(11-17)25-14-22-23-15-25)21-12-16-9-10-24(13-16)18-6-2-1-3-7-18/h4-5,8,11,14-16,18H,1-3,6-7,9-10,12-13H2,(H,21,26). The molecular formula is C20H27N5O. The van der Waals surface area contributed by atoms with Crippen molar-refractivity contribution in [3.8, 4) is 5.69 Å². The highest BCUT2D eigenvalue weighted by atomic mass is 16.1. The van der Waals surface area contributed by atoms with Crippen LogP contribution in [0.2, 0.25) is 0 Å². The summed E-state index contributed by atoms with van der Waals surface area (Å²) in [6.45, 7) is 3.08. The Kier molecular flexibility index (Phi) is 5.29. The second kappa shape index (κ2) is 7.99. The van der Waals surface area contributed by atoms with Crippen molar-refractivity contribution in [1.29, 1.82) is 0 Å². The van der Waals surface area contributed by atoms with E-state index >= 15 is 0 Å². The maximum Gasteiger partial charge on any atom is 0.251 e. The van der Waals surface area contributed by atoms with Gasteiger partial charge < -0.3 is 10.2 Å². The molecule has 1 aromatic carbocycles. The van der Waals surface area contributed by atoms with Crippen LogP contribution in [0.15, 0.2) is 36.9 Å². The zero-order valence-electron chi connectivity index (χ0n) is 15.2. The van der Waals surface area contributed by atoms with Crippen LogP contribution in [0.3, 0.4) is 0 Å². The van der Waals surface area contributed by atoms with E-state index in [0.29, 0.717) is 11.5 Å². The molecule has 0 radical (unpaired) electrons. The van der Waals surface area contributed by atoms with E-state index in [1.807, 2.05) is 24.3 Å². The van der Waals surface area contributed by atoms with Crippen LogP contribution in [0, 0.1) is 5.92 Å². The Morgan fingerprint density at radius 2 is 1.92 bits per heavy atom. The number of amides is 1. The van der Waals surface area contributed by atoms with Crippen molar-refractivity contribution >= 4 is 5.91 Å². The molecule has 6 heteroatoms. The molecular weight excluding hydrogens is 326 g/mol. The molecule has 1 aliphatic heterocycles. The molecule has 1 unspecified atom stereocenters. The van der Waals surface area contributed by atoms with Gasteiger partial charge in [-0.05, 0) is 49.9 Å². The summed E-state index contributed by atoms with van der Waals surface area (Å²) in [6.07, 6.45) is 11.3. The van der Waals surface area contributed by atoms with Crippen molar-refractivity contribution in [3.05, 3.63) is 42.5 Å². The fourth-order valence-corrected chi connectivity index (χ4v) is 4.29. The molecule has 4 rings (SSSR count). The largest absolute Gasteiger partial charge is 0.352 e. The van der Waals surface area contributed by atoms with Gasteiger partial charge in [0.2, 0.25) is 0 Å². The molecule has 1 aliphatic carbocycles. The predicted molar refractivity (Wildman–Crippen MR) is 100 cm³/mol. The third-order valence-electron chi connectivity index (χ3n) is 5.78. The molecule has 1 saturated heterocycles. The van der Waals surface area contributed by atoms with Crippen LogP contribution in [0.4, 0.5) is 0 Å². The Bertz CT molecular complexity index is 724. The number of aromatic nitrogens is 3. The Morgan fingerprint density at radius 3 is 2.73 bits per heavy atom. The van der Waals surface area contributed by atoms with E-state index in [2.05, 4.69) is 20.4 Å². The molecule has 1 amide bonds. The lowest BCUT2D eigenvalue weighted by Crippen LogP contribution is -2.36. The summed E-state index contributed by atoms with van der Waals surface area (Å²) < 4.78 is 1.80. The van der Waals surface area contributed by atoms with Crippen molar-refractivity contribution in [2.24, 2.45) is 5.92 Å². The molecule has 0 spiro atoms. The van der Waals surface area contributed by atoms with Gasteiger partial charge >= 0.3 is 0 Å². The van der Waals surface area contributed by atoms with Gasteiger partial charge in [0.05, 0.1) is 0 Å². The summed E-state index contributed by atoms with van der Waals surface area (Å²) in [5, 5.41) is 10.8. The molecule has 26 heavy (non-hydrogen) atoms. The maximum absolute atomic E-state index is 12.5. The number of hydrogen-bond acceptors (Lipinski definition) is 4. The van der Waals surface area contributed by atoms with Crippen molar-refractivity contribution in [1.82, 2.24) is 25.0 Å². The van der Waals surface area contributed by atoms with Crippen molar-refractivity contribution in [2.75, 3.05) is 19.6 Å². The minimum absolute atomic E-state index is 0.00367. The molecule has 0 bridgehead atoms. The monoisotopic (exact) mass is 353 g/mol. The molecule has 1 N–H and O–H groups in total. The van der Waals surface area contributed by atoms with E-state index in [4.69, 9.17) is 0 Å². The average molecular weight is 353 g/mol. The molecule has 1 saturated carbocycles. The van der Waals surface area contributed by atoms with E-state index in [1.54, 1.807) is 17.2 Å². The number of hydrogen-bond donors (Lipinski definition) is 1. The molecule has 1 atom stereocenters. The van der Waals surface area contributed by atoms with Crippen LogP contribution in [-0.2, 0) is 0 Å². The lowest BCUT2D eigenvalue weighted by atomic mass is 9.94. The zero-order chi connectivity index (χ0) is 17.8. The van der Waals surface area contributed by atoms with Gasteiger partial charge in [0.15, 0.2) is 0 Å². The highest BCUT2D eigenvalue weighted by Crippen LogP contribution is 2.27. The summed E-state index contributed by atoms with van der Waals surface area (Å²) in [5.41, 5.74) is 1.57. The number of nitrogens with one attached hydrogen (secondary N) is 1. The summed E-state index contributed by atoms with van der Waals surface area (Å²) in [4.78, 5) is 15.2. The number of carbonyl (C=O) groups is 1. The van der Waals surface area contributed by atoms with Gasteiger partial charge in [-0.2, -0.15) is 0 Å². The van der Waals surface area contributed by atoms with Gasteiger partial charge in [0, 0.05) is 30.4 Å². The van der Waals surface area contributed by atoms with E-state index in [9.17, 15) is 4.79 Å². The first-order valence-electron chi connectivity index (χ1n) is 9.77. The second-order valence-electron chi connectivity index (χ2n) is 7.57. The number of rotatable bonds is 5. The van der Waals surface area contributed by atoms with E-state index in [0.717, 1.165) is 24.8 Å². The first-order chi connectivity index (χ1) is 12.8. The van der Waals surface area contributed by atoms with Crippen LogP contribution in [0.25, 0.3) is 5.69 Å². The second-order valence-corrected chi connectivity index (χ2v) is 7.57. The van der Waals surface area contributed by atoms with Gasteiger partial charge in [0.25, 0.3) is 5.91 Å². The third kappa shape index (κ3) is 3.96.